The molecule has 0 aromatic heterocycles. The first-order chi connectivity index (χ1) is 11.3. The van der Waals surface area contributed by atoms with Crippen LogP contribution in [-0.4, -0.2) is 44.4 Å². The van der Waals surface area contributed by atoms with Crippen molar-refractivity contribution in [1.82, 2.24) is 4.90 Å². The number of likely N-dealkylation sites (tertiary alicyclic amines) is 1. The van der Waals surface area contributed by atoms with Gasteiger partial charge in [-0.3, -0.25) is 15.0 Å². The molecule has 1 saturated heterocycles. The molecular formula is C14H19N5O4S. The van der Waals surface area contributed by atoms with Gasteiger partial charge in [-0.1, -0.05) is 0 Å². The number of sulfonamides is 1. The lowest BCUT2D eigenvalue weighted by Gasteiger charge is -2.31. The normalized spacial score (nSPS) is 18.8. The zero-order valence-corrected chi connectivity index (χ0v) is 13.8. The molecule has 3 N–H and O–H groups in total. The maximum Gasteiger partial charge on any atom is 0.293 e. The molecule has 1 aromatic rings. The van der Waals surface area contributed by atoms with Crippen molar-refractivity contribution in [3.8, 4) is 6.07 Å². The van der Waals surface area contributed by atoms with Crippen molar-refractivity contribution >= 4 is 21.4 Å². The van der Waals surface area contributed by atoms with Crippen molar-refractivity contribution in [1.29, 1.82) is 5.26 Å². The van der Waals surface area contributed by atoms with E-state index in [1.54, 1.807) is 0 Å². The Kier molecular flexibility index (Phi) is 5.71. The van der Waals surface area contributed by atoms with Gasteiger partial charge >= 0.3 is 0 Å². The monoisotopic (exact) mass is 353 g/mol. The van der Waals surface area contributed by atoms with Crippen LogP contribution >= 0.6 is 0 Å². The number of nitrogens with zero attached hydrogens (tertiary/aromatic N) is 3. The minimum atomic E-state index is -3.99. The molecule has 0 amide bonds. The van der Waals surface area contributed by atoms with E-state index < -0.39 is 14.9 Å². The Morgan fingerprint density at radius 1 is 1.50 bits per heavy atom. The van der Waals surface area contributed by atoms with Crippen LogP contribution in [0.3, 0.4) is 0 Å². The SMILES string of the molecule is N#CCN1CCCC(CNc2ccc(S(N)(=O)=O)cc2[N+](=O)[O-])C1. The molecule has 24 heavy (non-hydrogen) atoms. The van der Waals surface area contributed by atoms with Gasteiger partial charge in [-0.2, -0.15) is 5.26 Å². The van der Waals surface area contributed by atoms with Crippen LogP contribution in [0, 0.1) is 27.4 Å². The number of nitro groups is 1. The molecule has 9 nitrogen and oxygen atoms in total. The Labute approximate surface area is 140 Å². The molecule has 0 bridgehead atoms. The fraction of sp³-hybridized carbons (Fsp3) is 0.500. The van der Waals surface area contributed by atoms with Crippen molar-refractivity contribution in [2.45, 2.75) is 17.7 Å². The fourth-order valence-electron chi connectivity index (χ4n) is 2.80. The smallest absolute Gasteiger partial charge is 0.293 e. The van der Waals surface area contributed by atoms with E-state index in [1.165, 1.54) is 12.1 Å². The Morgan fingerprint density at radius 3 is 2.88 bits per heavy atom. The molecule has 0 radical (unpaired) electrons. The number of primary sulfonamides is 1. The summed E-state index contributed by atoms with van der Waals surface area (Å²) in [6.45, 7) is 2.52. The summed E-state index contributed by atoms with van der Waals surface area (Å²) in [6.07, 6.45) is 1.94. The second-order valence-corrected chi connectivity index (χ2v) is 7.32. The Hall–Kier alpha value is -2.22. The van der Waals surface area contributed by atoms with E-state index in [0.717, 1.165) is 32.0 Å². The van der Waals surface area contributed by atoms with Crippen molar-refractivity contribution in [2.24, 2.45) is 11.1 Å². The van der Waals surface area contributed by atoms with Gasteiger partial charge in [0.25, 0.3) is 5.69 Å². The quantitative estimate of drug-likeness (QED) is 0.439. The highest BCUT2D eigenvalue weighted by Gasteiger charge is 2.22. The third kappa shape index (κ3) is 4.64. The van der Waals surface area contributed by atoms with Crippen LogP contribution in [0.4, 0.5) is 11.4 Å². The van der Waals surface area contributed by atoms with Crippen molar-refractivity contribution < 1.29 is 13.3 Å². The zero-order valence-electron chi connectivity index (χ0n) is 13.0. The highest BCUT2D eigenvalue weighted by Crippen LogP contribution is 2.28. The van der Waals surface area contributed by atoms with Gasteiger partial charge < -0.3 is 5.32 Å². The molecule has 0 aliphatic carbocycles. The first-order valence-electron chi connectivity index (χ1n) is 7.45. The highest BCUT2D eigenvalue weighted by atomic mass is 32.2. The van der Waals surface area contributed by atoms with Gasteiger partial charge in [-0.05, 0) is 37.4 Å². The molecule has 1 fully saturated rings. The van der Waals surface area contributed by atoms with Crippen LogP contribution in [0.15, 0.2) is 23.1 Å². The van der Waals surface area contributed by atoms with E-state index in [-0.39, 0.29) is 22.2 Å². The lowest BCUT2D eigenvalue weighted by atomic mass is 9.98. The largest absolute Gasteiger partial charge is 0.379 e. The summed E-state index contributed by atoms with van der Waals surface area (Å²) < 4.78 is 22.6. The van der Waals surface area contributed by atoms with Gasteiger partial charge in [0.1, 0.15) is 5.69 Å². The summed E-state index contributed by atoms with van der Waals surface area (Å²) in [7, 11) is -3.99. The van der Waals surface area contributed by atoms with Crippen LogP contribution in [-0.2, 0) is 10.0 Å². The van der Waals surface area contributed by atoms with Gasteiger partial charge in [0.2, 0.25) is 10.0 Å². The number of benzene rings is 1. The number of hydrogen-bond acceptors (Lipinski definition) is 7. The van der Waals surface area contributed by atoms with Gasteiger partial charge in [0.05, 0.1) is 22.4 Å². The highest BCUT2D eigenvalue weighted by molar-refractivity contribution is 7.89. The average Bonchev–Trinajstić information content (AvgIpc) is 2.52. The number of nitrogens with one attached hydrogen (secondary N) is 1. The molecule has 130 valence electrons. The number of nitrogens with two attached hydrogens (primary N) is 1. The number of piperidine rings is 1. The van der Waals surface area contributed by atoms with Crippen LogP contribution in [0.2, 0.25) is 0 Å². The standard InChI is InChI=1S/C14H19N5O4S/c15-5-7-18-6-1-2-11(10-18)9-17-13-4-3-12(24(16,22)23)8-14(13)19(20)21/h3-4,8,11,17H,1-2,6-7,9-10H2,(H2,16,22,23). The molecule has 1 heterocycles. The molecular weight excluding hydrogens is 334 g/mol. The number of nitriles is 1. The van der Waals surface area contributed by atoms with Crippen molar-refractivity contribution in [2.75, 3.05) is 31.5 Å². The van der Waals surface area contributed by atoms with Crippen LogP contribution in [0.1, 0.15) is 12.8 Å². The third-order valence-corrected chi connectivity index (χ3v) is 4.88. The summed E-state index contributed by atoms with van der Waals surface area (Å²) in [5.74, 6) is 0.268. The van der Waals surface area contributed by atoms with Gasteiger partial charge in [0, 0.05) is 19.2 Å². The number of hydrogen-bond donors (Lipinski definition) is 2. The molecule has 0 saturated carbocycles. The molecule has 2 rings (SSSR count). The van der Waals surface area contributed by atoms with E-state index in [9.17, 15) is 18.5 Å². The second-order valence-electron chi connectivity index (χ2n) is 5.76. The van der Waals surface area contributed by atoms with E-state index in [2.05, 4.69) is 11.4 Å². The van der Waals surface area contributed by atoms with Crippen molar-refractivity contribution in [3.05, 3.63) is 28.3 Å². The summed E-state index contributed by atoms with van der Waals surface area (Å²) in [4.78, 5) is 12.3. The van der Waals surface area contributed by atoms with E-state index in [1.807, 2.05) is 4.90 Å². The van der Waals surface area contributed by atoms with E-state index in [0.29, 0.717) is 13.1 Å². The molecule has 1 unspecified atom stereocenters. The number of anilines is 1. The topological polar surface area (TPSA) is 142 Å². The Morgan fingerprint density at radius 2 is 2.25 bits per heavy atom. The van der Waals surface area contributed by atoms with Crippen LogP contribution < -0.4 is 10.5 Å². The predicted octanol–water partition coefficient (Wildman–Crippen LogP) is 0.890. The van der Waals surface area contributed by atoms with Gasteiger partial charge in [0.15, 0.2) is 0 Å². The lowest BCUT2D eigenvalue weighted by Crippen LogP contribution is -2.38. The van der Waals surface area contributed by atoms with Crippen LogP contribution in [0.5, 0.6) is 0 Å². The molecule has 1 atom stereocenters. The molecule has 10 heteroatoms. The number of rotatable bonds is 6. The Bertz CT molecular complexity index is 759. The average molecular weight is 353 g/mol. The summed E-state index contributed by atoms with van der Waals surface area (Å²) in [6, 6.07) is 5.68. The first-order valence-corrected chi connectivity index (χ1v) is 9.00. The van der Waals surface area contributed by atoms with E-state index >= 15 is 0 Å². The zero-order chi connectivity index (χ0) is 17.7. The summed E-state index contributed by atoms with van der Waals surface area (Å²) >= 11 is 0. The van der Waals surface area contributed by atoms with E-state index in [4.69, 9.17) is 10.4 Å². The minimum Gasteiger partial charge on any atom is -0.379 e. The maximum atomic E-state index is 11.3. The molecule has 1 aromatic carbocycles. The number of nitro benzene ring substituents is 1. The molecule has 1 aliphatic rings. The predicted molar refractivity (Wildman–Crippen MR) is 87.7 cm³/mol. The first kappa shape index (κ1) is 18.1. The molecule has 1 aliphatic heterocycles. The summed E-state index contributed by atoms with van der Waals surface area (Å²) in [5, 5.41) is 28.0. The lowest BCUT2D eigenvalue weighted by molar-refractivity contribution is -0.384. The minimum absolute atomic E-state index is 0.254. The van der Waals surface area contributed by atoms with Gasteiger partial charge in [-0.15, -0.1) is 0 Å². The molecule has 0 spiro atoms. The fourth-order valence-corrected chi connectivity index (χ4v) is 3.34. The third-order valence-electron chi connectivity index (χ3n) is 3.97. The second kappa shape index (κ2) is 7.57. The van der Waals surface area contributed by atoms with Gasteiger partial charge in [-0.25, -0.2) is 13.6 Å². The maximum absolute atomic E-state index is 11.3. The van der Waals surface area contributed by atoms with Crippen LogP contribution in [0.25, 0.3) is 0 Å². The Balaban J connectivity index is 2.09. The van der Waals surface area contributed by atoms with Crippen molar-refractivity contribution in [3.63, 3.8) is 0 Å². The summed E-state index contributed by atoms with van der Waals surface area (Å²) in [5.41, 5.74) is -0.0731.